The Kier molecular flexibility index (Phi) is 1.99. The maximum atomic E-state index is 2.67. The van der Waals surface area contributed by atoms with Gasteiger partial charge >= 0.3 is 0 Å². The van der Waals surface area contributed by atoms with Crippen LogP contribution in [0.2, 0.25) is 0 Å². The molecule has 0 heteroatoms. The zero-order valence-electron chi connectivity index (χ0n) is 15.1. The Labute approximate surface area is 126 Å². The van der Waals surface area contributed by atoms with Crippen LogP contribution in [0.5, 0.6) is 0 Å². The molecule has 0 aromatic rings. The maximum Gasteiger partial charge on any atom is -0.0168 e. The molecular formula is C20H34. The Hall–Kier alpha value is 0. The fraction of sp³-hybridized carbons (Fsp3) is 1.00. The molecule has 114 valence electrons. The molecule has 0 bridgehead atoms. The number of fused-ring (bicyclic) bond motifs is 7. The summed E-state index contributed by atoms with van der Waals surface area (Å²) >= 11 is 0. The fourth-order valence-electron chi connectivity index (χ4n) is 9.38. The number of hydrogen-bond donors (Lipinski definition) is 0. The van der Waals surface area contributed by atoms with E-state index >= 15 is 0 Å². The van der Waals surface area contributed by atoms with E-state index in [0.717, 1.165) is 29.6 Å². The van der Waals surface area contributed by atoms with Gasteiger partial charge in [0.25, 0.3) is 0 Å². The van der Waals surface area contributed by atoms with Crippen molar-refractivity contribution in [3.8, 4) is 0 Å². The zero-order chi connectivity index (χ0) is 15.1. The summed E-state index contributed by atoms with van der Waals surface area (Å²) in [7, 11) is 0. The van der Waals surface area contributed by atoms with E-state index in [4.69, 9.17) is 0 Å². The minimum Gasteiger partial charge on any atom is -0.0651 e. The van der Waals surface area contributed by atoms with E-state index in [9.17, 15) is 0 Å². The highest BCUT2D eigenvalue weighted by Crippen LogP contribution is 3.00. The lowest BCUT2D eigenvalue weighted by Crippen LogP contribution is -2.97. The molecule has 8 atom stereocenters. The Bertz CT molecular complexity index is 500. The van der Waals surface area contributed by atoms with Crippen molar-refractivity contribution >= 4 is 0 Å². The third-order valence-corrected chi connectivity index (χ3v) is 11.1. The van der Waals surface area contributed by atoms with Gasteiger partial charge in [-0.3, -0.25) is 0 Å². The van der Waals surface area contributed by atoms with Gasteiger partial charge in [-0.25, -0.2) is 0 Å². The summed E-state index contributed by atoms with van der Waals surface area (Å²) in [6.07, 6.45) is 1.39. The van der Waals surface area contributed by atoms with Crippen molar-refractivity contribution < 1.29 is 0 Å². The van der Waals surface area contributed by atoms with Gasteiger partial charge in [0.1, 0.15) is 0 Å². The van der Waals surface area contributed by atoms with Crippen LogP contribution in [0, 0.1) is 56.7 Å². The summed E-state index contributed by atoms with van der Waals surface area (Å²) in [5, 5.41) is 0. The Morgan fingerprint density at radius 2 is 1.15 bits per heavy atom. The molecule has 0 aromatic carbocycles. The first-order valence-corrected chi connectivity index (χ1v) is 8.97. The molecule has 0 aromatic heterocycles. The number of hydrogen-bond acceptors (Lipinski definition) is 0. The summed E-state index contributed by atoms with van der Waals surface area (Å²) in [6, 6.07) is 0. The smallest absolute Gasteiger partial charge is 0.0168 e. The Morgan fingerprint density at radius 1 is 0.650 bits per heavy atom. The Morgan fingerprint density at radius 3 is 1.65 bits per heavy atom. The molecule has 0 nitrogen and oxygen atoms in total. The van der Waals surface area contributed by atoms with Gasteiger partial charge in [0.15, 0.2) is 0 Å². The molecule has 0 heterocycles. The predicted octanol–water partition coefficient (Wildman–Crippen LogP) is 5.62. The van der Waals surface area contributed by atoms with Gasteiger partial charge in [-0.2, -0.15) is 0 Å². The summed E-state index contributed by atoms with van der Waals surface area (Å²) < 4.78 is 0. The van der Waals surface area contributed by atoms with Crippen LogP contribution in [-0.2, 0) is 0 Å². The molecule has 8 unspecified atom stereocenters. The van der Waals surface area contributed by atoms with E-state index in [1.807, 2.05) is 0 Å². The van der Waals surface area contributed by atoms with Gasteiger partial charge in [0.05, 0.1) is 0 Å². The van der Waals surface area contributed by atoms with Crippen molar-refractivity contribution in [3.05, 3.63) is 0 Å². The summed E-state index contributed by atoms with van der Waals surface area (Å²) in [6.45, 7) is 23.2. The van der Waals surface area contributed by atoms with Crippen molar-refractivity contribution in [2.75, 3.05) is 0 Å². The monoisotopic (exact) mass is 274 g/mol. The normalized spacial score (nSPS) is 67.3. The third-order valence-electron chi connectivity index (χ3n) is 11.1. The second-order valence-corrected chi connectivity index (χ2v) is 10.4. The SMILES string of the molecule is CCC1C2C3C4C(C)C(C)(C)C4(C)C3(C)C2(C)C1(C)C. The van der Waals surface area contributed by atoms with E-state index in [1.165, 1.54) is 6.42 Å². The van der Waals surface area contributed by atoms with Crippen molar-refractivity contribution in [2.45, 2.75) is 68.7 Å². The molecule has 0 N–H and O–H groups in total. The van der Waals surface area contributed by atoms with Crippen LogP contribution >= 0.6 is 0 Å². The third kappa shape index (κ3) is 0.737. The van der Waals surface area contributed by atoms with Gasteiger partial charge in [-0.15, -0.1) is 0 Å². The molecule has 4 saturated carbocycles. The van der Waals surface area contributed by atoms with Crippen LogP contribution in [0.15, 0.2) is 0 Å². The molecule has 0 aliphatic heterocycles. The van der Waals surface area contributed by atoms with Gasteiger partial charge in [-0.1, -0.05) is 68.7 Å². The predicted molar refractivity (Wildman–Crippen MR) is 85.3 cm³/mol. The molecule has 20 heavy (non-hydrogen) atoms. The molecule has 4 aliphatic rings. The standard InChI is InChI=1S/C20H34/c1-10-12-14-15-13-11(2)16(3,4)18(13,7)20(15,9)19(14,8)17(12,5)6/h11-15H,10H2,1-9H3. The van der Waals surface area contributed by atoms with Crippen molar-refractivity contribution in [1.29, 1.82) is 0 Å². The lowest BCUT2D eigenvalue weighted by Gasteiger charge is -3.01. The van der Waals surface area contributed by atoms with Gasteiger partial charge < -0.3 is 0 Å². The zero-order valence-corrected chi connectivity index (χ0v) is 15.1. The van der Waals surface area contributed by atoms with Crippen LogP contribution in [0.3, 0.4) is 0 Å². The van der Waals surface area contributed by atoms with E-state index in [0.29, 0.717) is 27.1 Å². The average molecular weight is 274 g/mol. The highest BCUT2D eigenvalue weighted by Gasteiger charge is 2.97. The van der Waals surface area contributed by atoms with E-state index in [2.05, 4.69) is 62.3 Å². The van der Waals surface area contributed by atoms with Crippen molar-refractivity contribution in [2.24, 2.45) is 56.7 Å². The quantitative estimate of drug-likeness (QED) is 0.582. The summed E-state index contributed by atoms with van der Waals surface area (Å²) in [5.41, 5.74) is 2.85. The minimum absolute atomic E-state index is 0.532. The van der Waals surface area contributed by atoms with Crippen molar-refractivity contribution in [3.63, 3.8) is 0 Å². The topological polar surface area (TPSA) is 0 Å². The van der Waals surface area contributed by atoms with Crippen LogP contribution < -0.4 is 0 Å². The molecule has 0 saturated heterocycles. The highest BCUT2D eigenvalue weighted by atomic mass is 15.0. The molecule has 0 amide bonds. The largest absolute Gasteiger partial charge is 0.0651 e. The fourth-order valence-corrected chi connectivity index (χ4v) is 9.38. The average Bonchev–Trinajstić information content (AvgIpc) is 2.38. The minimum atomic E-state index is 0.532. The molecule has 4 fully saturated rings. The first-order chi connectivity index (χ1) is 8.97. The molecule has 0 radical (unpaired) electrons. The second-order valence-electron chi connectivity index (χ2n) is 10.4. The van der Waals surface area contributed by atoms with Gasteiger partial charge in [-0.05, 0) is 56.7 Å². The molecule has 4 rings (SSSR count). The van der Waals surface area contributed by atoms with E-state index in [-0.39, 0.29) is 0 Å². The van der Waals surface area contributed by atoms with Crippen LogP contribution in [0.1, 0.15) is 68.7 Å². The first-order valence-electron chi connectivity index (χ1n) is 8.97. The second kappa shape index (κ2) is 2.91. The first kappa shape index (κ1) is 13.6. The molecule has 4 aliphatic carbocycles. The van der Waals surface area contributed by atoms with Crippen molar-refractivity contribution in [1.82, 2.24) is 0 Å². The number of rotatable bonds is 1. The van der Waals surface area contributed by atoms with E-state index < -0.39 is 0 Å². The molecular weight excluding hydrogens is 240 g/mol. The van der Waals surface area contributed by atoms with Crippen LogP contribution in [0.25, 0.3) is 0 Å². The molecule has 0 spiro atoms. The highest BCUT2D eigenvalue weighted by molar-refractivity contribution is 5.43. The van der Waals surface area contributed by atoms with Gasteiger partial charge in [0.2, 0.25) is 0 Å². The summed E-state index contributed by atoms with van der Waals surface area (Å²) in [4.78, 5) is 0. The van der Waals surface area contributed by atoms with Crippen LogP contribution in [0.4, 0.5) is 0 Å². The Balaban J connectivity index is 1.81. The van der Waals surface area contributed by atoms with E-state index in [1.54, 1.807) is 0 Å². The lowest BCUT2D eigenvalue weighted by molar-refractivity contribution is -0.540. The van der Waals surface area contributed by atoms with Crippen LogP contribution in [-0.4, -0.2) is 0 Å². The maximum absolute atomic E-state index is 2.67. The lowest BCUT2D eigenvalue weighted by atomic mass is 9.03. The summed E-state index contributed by atoms with van der Waals surface area (Å²) in [5.74, 6) is 5.00. The van der Waals surface area contributed by atoms with Gasteiger partial charge in [0, 0.05) is 0 Å².